The van der Waals surface area contributed by atoms with Gasteiger partial charge in [-0.3, -0.25) is 4.79 Å². The quantitative estimate of drug-likeness (QED) is 0.819. The van der Waals surface area contributed by atoms with Crippen molar-refractivity contribution >= 4 is 5.91 Å². The van der Waals surface area contributed by atoms with Crippen molar-refractivity contribution < 1.29 is 18.0 Å². The van der Waals surface area contributed by atoms with E-state index in [1.165, 1.54) is 0 Å². The van der Waals surface area contributed by atoms with Gasteiger partial charge < -0.3 is 10.6 Å². The van der Waals surface area contributed by atoms with Gasteiger partial charge in [0.1, 0.15) is 6.54 Å². The van der Waals surface area contributed by atoms with E-state index in [2.05, 4.69) is 12.2 Å². The van der Waals surface area contributed by atoms with Crippen LogP contribution in [0.3, 0.4) is 0 Å². The van der Waals surface area contributed by atoms with Crippen molar-refractivity contribution in [2.45, 2.75) is 57.8 Å². The van der Waals surface area contributed by atoms with Crippen LogP contribution in [-0.4, -0.2) is 30.7 Å². The topological polar surface area (TPSA) is 41.1 Å². The maximum atomic E-state index is 11.9. The van der Waals surface area contributed by atoms with Crippen LogP contribution >= 0.6 is 0 Å². The fraction of sp³-hybridized carbons (Fsp3) is 0.917. The first-order valence-corrected chi connectivity index (χ1v) is 6.38. The van der Waals surface area contributed by atoms with E-state index in [0.717, 1.165) is 25.7 Å². The average Bonchev–Trinajstić information content (AvgIpc) is 2.28. The molecule has 1 amide bonds. The SMILES string of the molecule is CC1CCC(NC(C)C(=O)NCC(F)(F)F)CC1. The van der Waals surface area contributed by atoms with Gasteiger partial charge in [-0.05, 0) is 38.5 Å². The number of hydrogen-bond acceptors (Lipinski definition) is 2. The van der Waals surface area contributed by atoms with Gasteiger partial charge in [-0.2, -0.15) is 13.2 Å². The van der Waals surface area contributed by atoms with E-state index in [-0.39, 0.29) is 6.04 Å². The fourth-order valence-corrected chi connectivity index (χ4v) is 2.20. The van der Waals surface area contributed by atoms with Crippen molar-refractivity contribution in [1.29, 1.82) is 0 Å². The van der Waals surface area contributed by atoms with Crippen LogP contribution in [0.15, 0.2) is 0 Å². The normalized spacial score (nSPS) is 26.7. The molecule has 1 fully saturated rings. The van der Waals surface area contributed by atoms with Gasteiger partial charge in [0.15, 0.2) is 0 Å². The zero-order valence-corrected chi connectivity index (χ0v) is 10.8. The maximum Gasteiger partial charge on any atom is 0.405 e. The molecular formula is C12H21F3N2O. The first-order valence-electron chi connectivity index (χ1n) is 6.38. The van der Waals surface area contributed by atoms with E-state index in [1.54, 1.807) is 6.92 Å². The summed E-state index contributed by atoms with van der Waals surface area (Å²) in [7, 11) is 0. The Balaban J connectivity index is 2.27. The molecule has 1 atom stereocenters. The Morgan fingerprint density at radius 1 is 1.28 bits per heavy atom. The minimum Gasteiger partial charge on any atom is -0.346 e. The third-order valence-corrected chi connectivity index (χ3v) is 3.36. The molecule has 0 bridgehead atoms. The molecule has 106 valence electrons. The molecule has 0 aromatic rings. The molecule has 0 aliphatic heterocycles. The Kier molecular flexibility index (Phi) is 5.44. The summed E-state index contributed by atoms with van der Waals surface area (Å²) in [5, 5.41) is 4.99. The number of carbonyl (C=O) groups excluding carboxylic acids is 1. The minimum absolute atomic E-state index is 0.243. The first kappa shape index (κ1) is 15.3. The number of halogens is 3. The van der Waals surface area contributed by atoms with Crippen LogP contribution in [-0.2, 0) is 4.79 Å². The summed E-state index contributed by atoms with van der Waals surface area (Å²) in [4.78, 5) is 11.5. The molecule has 1 unspecified atom stereocenters. The molecule has 0 spiro atoms. The van der Waals surface area contributed by atoms with Gasteiger partial charge in [-0.1, -0.05) is 6.92 Å². The van der Waals surface area contributed by atoms with Gasteiger partial charge in [0.05, 0.1) is 6.04 Å². The summed E-state index contributed by atoms with van der Waals surface area (Å²) < 4.78 is 35.8. The summed E-state index contributed by atoms with van der Waals surface area (Å²) in [6.45, 7) is 2.53. The zero-order valence-electron chi connectivity index (χ0n) is 10.8. The van der Waals surface area contributed by atoms with Gasteiger partial charge >= 0.3 is 6.18 Å². The van der Waals surface area contributed by atoms with Crippen LogP contribution in [0.5, 0.6) is 0 Å². The van der Waals surface area contributed by atoms with Crippen molar-refractivity contribution in [2.24, 2.45) is 5.92 Å². The Morgan fingerprint density at radius 3 is 2.33 bits per heavy atom. The van der Waals surface area contributed by atoms with Gasteiger partial charge in [0.2, 0.25) is 5.91 Å². The zero-order chi connectivity index (χ0) is 13.8. The predicted octanol–water partition coefficient (Wildman–Crippen LogP) is 2.22. The Hall–Kier alpha value is -0.780. The van der Waals surface area contributed by atoms with Gasteiger partial charge in [-0.15, -0.1) is 0 Å². The lowest BCUT2D eigenvalue weighted by molar-refractivity contribution is -0.139. The van der Waals surface area contributed by atoms with Gasteiger partial charge in [-0.25, -0.2) is 0 Å². The predicted molar refractivity (Wildman–Crippen MR) is 63.1 cm³/mol. The van der Waals surface area contributed by atoms with E-state index in [1.807, 2.05) is 5.32 Å². The number of rotatable bonds is 4. The van der Waals surface area contributed by atoms with E-state index < -0.39 is 24.7 Å². The molecule has 6 heteroatoms. The lowest BCUT2D eigenvalue weighted by atomic mass is 9.87. The van der Waals surface area contributed by atoms with E-state index in [9.17, 15) is 18.0 Å². The molecule has 1 aliphatic carbocycles. The third kappa shape index (κ3) is 5.71. The lowest BCUT2D eigenvalue weighted by Gasteiger charge is -2.29. The molecule has 1 rings (SSSR count). The number of hydrogen-bond donors (Lipinski definition) is 2. The van der Waals surface area contributed by atoms with Crippen molar-refractivity contribution in [3.8, 4) is 0 Å². The van der Waals surface area contributed by atoms with Gasteiger partial charge in [0.25, 0.3) is 0 Å². The molecule has 0 aromatic heterocycles. The minimum atomic E-state index is -4.35. The molecule has 1 saturated carbocycles. The van der Waals surface area contributed by atoms with Crippen molar-refractivity contribution in [3.63, 3.8) is 0 Å². The highest BCUT2D eigenvalue weighted by Crippen LogP contribution is 2.23. The van der Waals surface area contributed by atoms with Crippen molar-refractivity contribution in [1.82, 2.24) is 10.6 Å². The summed E-state index contributed by atoms with van der Waals surface area (Å²) in [5.41, 5.74) is 0. The first-order chi connectivity index (χ1) is 8.28. The number of nitrogens with one attached hydrogen (secondary N) is 2. The number of alkyl halides is 3. The highest BCUT2D eigenvalue weighted by atomic mass is 19.4. The summed E-state index contributed by atoms with van der Waals surface area (Å²) in [5.74, 6) is 0.114. The molecule has 0 aromatic carbocycles. The molecule has 0 saturated heterocycles. The van der Waals surface area contributed by atoms with Crippen LogP contribution < -0.4 is 10.6 Å². The van der Waals surface area contributed by atoms with Crippen LogP contribution in [0, 0.1) is 5.92 Å². The summed E-state index contributed by atoms with van der Waals surface area (Å²) >= 11 is 0. The Bertz CT molecular complexity index is 273. The summed E-state index contributed by atoms with van der Waals surface area (Å²) in [6, 6.07) is -0.335. The van der Waals surface area contributed by atoms with Crippen molar-refractivity contribution in [3.05, 3.63) is 0 Å². The number of carbonyl (C=O) groups is 1. The molecular weight excluding hydrogens is 245 g/mol. The van der Waals surface area contributed by atoms with Crippen LogP contribution in [0.2, 0.25) is 0 Å². The lowest BCUT2D eigenvalue weighted by Crippen LogP contribution is -2.49. The molecule has 3 nitrogen and oxygen atoms in total. The molecule has 0 radical (unpaired) electrons. The monoisotopic (exact) mass is 266 g/mol. The number of amides is 1. The third-order valence-electron chi connectivity index (χ3n) is 3.36. The fourth-order valence-electron chi connectivity index (χ4n) is 2.20. The van der Waals surface area contributed by atoms with Crippen LogP contribution in [0.4, 0.5) is 13.2 Å². The molecule has 0 heterocycles. The molecule has 18 heavy (non-hydrogen) atoms. The second kappa shape index (κ2) is 6.41. The Morgan fingerprint density at radius 2 is 1.83 bits per heavy atom. The second-order valence-corrected chi connectivity index (χ2v) is 5.18. The van der Waals surface area contributed by atoms with Gasteiger partial charge in [0, 0.05) is 6.04 Å². The smallest absolute Gasteiger partial charge is 0.346 e. The highest BCUT2D eigenvalue weighted by Gasteiger charge is 2.29. The van der Waals surface area contributed by atoms with Crippen LogP contribution in [0.25, 0.3) is 0 Å². The van der Waals surface area contributed by atoms with E-state index in [0.29, 0.717) is 5.92 Å². The largest absolute Gasteiger partial charge is 0.405 e. The summed E-state index contributed by atoms with van der Waals surface area (Å²) in [6.07, 6.45) is -0.172. The molecule has 2 N–H and O–H groups in total. The van der Waals surface area contributed by atoms with Crippen molar-refractivity contribution in [2.75, 3.05) is 6.54 Å². The van der Waals surface area contributed by atoms with E-state index >= 15 is 0 Å². The van der Waals surface area contributed by atoms with E-state index in [4.69, 9.17) is 0 Å². The maximum absolute atomic E-state index is 11.9. The van der Waals surface area contributed by atoms with Crippen LogP contribution in [0.1, 0.15) is 39.5 Å². The Labute approximate surface area is 106 Å². The highest BCUT2D eigenvalue weighted by molar-refractivity contribution is 5.81. The second-order valence-electron chi connectivity index (χ2n) is 5.18. The molecule has 1 aliphatic rings. The average molecular weight is 266 g/mol. The standard InChI is InChI=1S/C12H21F3N2O/c1-8-3-5-10(6-4-8)17-9(2)11(18)16-7-12(13,14)15/h8-10,17H,3-7H2,1-2H3,(H,16,18).